The van der Waals surface area contributed by atoms with Crippen molar-refractivity contribution in [1.29, 1.82) is 0 Å². The van der Waals surface area contributed by atoms with Gasteiger partial charge in [0, 0.05) is 19.3 Å². The number of nitrogens with one attached hydrogen (secondary N) is 1. The Morgan fingerprint density at radius 1 is 1.50 bits per heavy atom. The van der Waals surface area contributed by atoms with Crippen molar-refractivity contribution < 1.29 is 8.42 Å². The summed E-state index contributed by atoms with van der Waals surface area (Å²) < 4.78 is 28.6. The Morgan fingerprint density at radius 3 is 2.75 bits per heavy atom. The van der Waals surface area contributed by atoms with E-state index in [1.807, 2.05) is 0 Å². The van der Waals surface area contributed by atoms with Crippen LogP contribution in [-0.4, -0.2) is 28.2 Å². The molecular weight excluding hydrogens is 298 g/mol. The van der Waals surface area contributed by atoms with E-state index in [1.165, 1.54) is 23.0 Å². The van der Waals surface area contributed by atoms with Crippen molar-refractivity contribution in [2.45, 2.75) is 11.8 Å². The Balaban J connectivity index is 2.46. The molecule has 3 N–H and O–H groups in total. The molecule has 106 valence electrons. The third kappa shape index (κ3) is 2.78. The lowest BCUT2D eigenvalue weighted by molar-refractivity contribution is 0.599. The average Bonchev–Trinajstić information content (AvgIpc) is 2.67. The van der Waals surface area contributed by atoms with E-state index in [9.17, 15) is 8.42 Å². The van der Waals surface area contributed by atoms with Crippen molar-refractivity contribution in [3.8, 4) is 0 Å². The minimum absolute atomic E-state index is 0.0636. The van der Waals surface area contributed by atoms with Crippen molar-refractivity contribution in [2.75, 3.05) is 4.72 Å². The van der Waals surface area contributed by atoms with Crippen LogP contribution in [0.2, 0.25) is 0 Å². The largest absolute Gasteiger partial charge is 0.388 e. The number of aryl methyl sites for hydroxylation is 2. The summed E-state index contributed by atoms with van der Waals surface area (Å²) in [5.74, 6) is 0.347. The normalized spacial score (nSPS) is 11.3. The first-order valence-electron chi connectivity index (χ1n) is 5.59. The van der Waals surface area contributed by atoms with Gasteiger partial charge in [0.1, 0.15) is 21.4 Å². The fourth-order valence-electron chi connectivity index (χ4n) is 1.69. The highest BCUT2D eigenvalue weighted by atomic mass is 32.2. The third-order valence-electron chi connectivity index (χ3n) is 2.53. The number of pyridine rings is 1. The highest BCUT2D eigenvalue weighted by Gasteiger charge is 2.22. The maximum atomic E-state index is 12.4. The molecule has 0 aromatic carbocycles. The van der Waals surface area contributed by atoms with Crippen molar-refractivity contribution in [3.05, 3.63) is 35.8 Å². The van der Waals surface area contributed by atoms with Gasteiger partial charge in [-0.3, -0.25) is 14.4 Å². The molecule has 0 saturated heterocycles. The smallest absolute Gasteiger partial charge is 0.265 e. The Hall–Kier alpha value is -2.00. The van der Waals surface area contributed by atoms with Crippen molar-refractivity contribution in [1.82, 2.24) is 14.8 Å². The first kappa shape index (κ1) is 14.4. The number of nitrogens with zero attached hydrogens (tertiary/aromatic N) is 3. The molecule has 0 radical (unpaired) electrons. The SMILES string of the molecule is Cc1cc(NS(=O)(=O)c2cccnc2C(N)=S)n(C)n1. The molecule has 0 atom stereocenters. The summed E-state index contributed by atoms with van der Waals surface area (Å²) in [5.41, 5.74) is 6.26. The second kappa shape index (κ2) is 5.17. The molecule has 2 heterocycles. The molecule has 0 bridgehead atoms. The lowest BCUT2D eigenvalue weighted by Crippen LogP contribution is -2.22. The summed E-state index contributed by atoms with van der Waals surface area (Å²) in [4.78, 5) is 3.77. The van der Waals surface area contributed by atoms with Gasteiger partial charge in [0.15, 0.2) is 0 Å². The van der Waals surface area contributed by atoms with Gasteiger partial charge in [0.2, 0.25) is 0 Å². The van der Waals surface area contributed by atoms with E-state index in [0.29, 0.717) is 11.5 Å². The monoisotopic (exact) mass is 311 g/mol. The number of hydrogen-bond acceptors (Lipinski definition) is 5. The molecule has 0 unspecified atom stereocenters. The van der Waals surface area contributed by atoms with Gasteiger partial charge in [-0.05, 0) is 19.1 Å². The Morgan fingerprint density at radius 2 is 2.20 bits per heavy atom. The summed E-state index contributed by atoms with van der Waals surface area (Å²) in [5, 5.41) is 4.07. The number of thiocarbonyl (C=S) groups is 1. The first-order chi connectivity index (χ1) is 9.31. The number of rotatable bonds is 4. The van der Waals surface area contributed by atoms with Crippen LogP contribution in [0.1, 0.15) is 11.4 Å². The second-order valence-electron chi connectivity index (χ2n) is 4.11. The molecule has 7 nitrogen and oxygen atoms in total. The second-order valence-corrected chi connectivity index (χ2v) is 6.21. The average molecular weight is 311 g/mol. The number of sulfonamides is 1. The zero-order valence-electron chi connectivity index (χ0n) is 10.9. The van der Waals surface area contributed by atoms with E-state index in [0.717, 1.165) is 0 Å². The Kier molecular flexibility index (Phi) is 3.73. The fraction of sp³-hybridized carbons (Fsp3) is 0.182. The van der Waals surface area contributed by atoms with Gasteiger partial charge >= 0.3 is 0 Å². The van der Waals surface area contributed by atoms with E-state index in [-0.39, 0.29) is 15.6 Å². The van der Waals surface area contributed by atoms with Crippen LogP contribution in [0.5, 0.6) is 0 Å². The van der Waals surface area contributed by atoms with Crippen molar-refractivity contribution >= 4 is 33.0 Å². The quantitative estimate of drug-likeness (QED) is 0.800. The van der Waals surface area contributed by atoms with Gasteiger partial charge in [-0.2, -0.15) is 5.10 Å². The van der Waals surface area contributed by atoms with Crippen LogP contribution in [0.4, 0.5) is 5.82 Å². The number of nitrogens with two attached hydrogens (primary N) is 1. The maximum Gasteiger partial charge on any atom is 0.265 e. The third-order valence-corrected chi connectivity index (χ3v) is 4.11. The van der Waals surface area contributed by atoms with Crippen molar-refractivity contribution in [3.63, 3.8) is 0 Å². The standard InChI is InChI=1S/C11H13N5O2S2/c1-7-6-9(16(2)14-7)15-20(17,18)8-4-3-5-13-10(8)11(12)19/h3-6,15H,1-2H3,(H2,12,19). The predicted octanol–water partition coefficient (Wildman–Crippen LogP) is 0.559. The first-order valence-corrected chi connectivity index (χ1v) is 7.48. The molecule has 2 rings (SSSR count). The molecule has 20 heavy (non-hydrogen) atoms. The number of anilines is 1. The minimum Gasteiger partial charge on any atom is -0.388 e. The van der Waals surface area contributed by atoms with Crippen LogP contribution < -0.4 is 10.5 Å². The summed E-state index contributed by atoms with van der Waals surface area (Å²) in [6.45, 7) is 1.77. The summed E-state index contributed by atoms with van der Waals surface area (Å²) >= 11 is 4.82. The molecule has 0 fully saturated rings. The zero-order valence-corrected chi connectivity index (χ0v) is 12.5. The Bertz CT molecular complexity index is 767. The van der Waals surface area contributed by atoms with Gasteiger partial charge < -0.3 is 5.73 Å². The fourth-order valence-corrected chi connectivity index (χ4v) is 3.17. The number of aromatic nitrogens is 3. The van der Waals surface area contributed by atoms with Crippen LogP contribution in [0.3, 0.4) is 0 Å². The van der Waals surface area contributed by atoms with Crippen LogP contribution in [0.15, 0.2) is 29.3 Å². The maximum absolute atomic E-state index is 12.4. The number of hydrogen-bond donors (Lipinski definition) is 2. The zero-order chi connectivity index (χ0) is 14.9. The van der Waals surface area contributed by atoms with E-state index in [1.54, 1.807) is 20.0 Å². The van der Waals surface area contributed by atoms with Gasteiger partial charge in [-0.15, -0.1) is 0 Å². The van der Waals surface area contributed by atoms with E-state index < -0.39 is 10.0 Å². The molecule has 2 aromatic rings. The molecule has 0 amide bonds. The van der Waals surface area contributed by atoms with Gasteiger partial charge in [-0.1, -0.05) is 12.2 Å². The van der Waals surface area contributed by atoms with Crippen LogP contribution in [0, 0.1) is 6.92 Å². The topological polar surface area (TPSA) is 103 Å². The lowest BCUT2D eigenvalue weighted by atomic mass is 10.3. The molecule has 9 heteroatoms. The molecule has 0 saturated carbocycles. The van der Waals surface area contributed by atoms with E-state index in [4.69, 9.17) is 18.0 Å². The Labute approximate surface area is 121 Å². The van der Waals surface area contributed by atoms with Gasteiger partial charge in [-0.25, -0.2) is 8.42 Å². The van der Waals surface area contributed by atoms with E-state index >= 15 is 0 Å². The summed E-state index contributed by atoms with van der Waals surface area (Å²) in [6.07, 6.45) is 1.43. The highest BCUT2D eigenvalue weighted by molar-refractivity contribution is 7.93. The molecule has 0 aliphatic heterocycles. The van der Waals surface area contributed by atoms with E-state index in [2.05, 4.69) is 14.8 Å². The molecule has 2 aromatic heterocycles. The summed E-state index contributed by atoms with van der Waals surface area (Å²) in [6, 6.07) is 4.52. The summed E-state index contributed by atoms with van der Waals surface area (Å²) in [7, 11) is -2.20. The van der Waals surface area contributed by atoms with Crippen LogP contribution in [-0.2, 0) is 17.1 Å². The van der Waals surface area contributed by atoms with Gasteiger partial charge in [0.25, 0.3) is 10.0 Å². The predicted molar refractivity (Wildman–Crippen MR) is 78.9 cm³/mol. The van der Waals surface area contributed by atoms with Crippen molar-refractivity contribution in [2.24, 2.45) is 12.8 Å². The minimum atomic E-state index is -3.84. The van der Waals surface area contributed by atoms with Crippen LogP contribution >= 0.6 is 12.2 Å². The molecule has 0 aliphatic rings. The lowest BCUT2D eigenvalue weighted by Gasteiger charge is -2.10. The van der Waals surface area contributed by atoms with Crippen LogP contribution in [0.25, 0.3) is 0 Å². The molecular formula is C11H13N5O2S2. The highest BCUT2D eigenvalue weighted by Crippen LogP contribution is 2.18. The molecule has 0 aliphatic carbocycles. The molecule has 0 spiro atoms. The van der Waals surface area contributed by atoms with Gasteiger partial charge in [0.05, 0.1) is 5.69 Å².